The Labute approximate surface area is 154 Å². The summed E-state index contributed by atoms with van der Waals surface area (Å²) in [5.41, 5.74) is 0.742. The Bertz CT molecular complexity index is 260. The van der Waals surface area contributed by atoms with E-state index in [1.54, 1.807) is 25.7 Å². The molecule has 0 amide bonds. The van der Waals surface area contributed by atoms with Crippen molar-refractivity contribution >= 4 is 0 Å². The third-order valence-corrected chi connectivity index (χ3v) is 7.00. The zero-order valence-corrected chi connectivity index (χ0v) is 17.7. The molecule has 0 aromatic heterocycles. The van der Waals surface area contributed by atoms with Crippen molar-refractivity contribution in [3.8, 4) is 0 Å². The molecule has 0 N–H and O–H groups in total. The molecular weight excluding hydrogens is 288 g/mol. The molecule has 0 saturated heterocycles. The van der Waals surface area contributed by atoms with E-state index in [-0.39, 0.29) is 0 Å². The van der Waals surface area contributed by atoms with Crippen LogP contribution in [-0.2, 0) is 0 Å². The lowest BCUT2D eigenvalue weighted by atomic mass is 9.64. The highest BCUT2D eigenvalue weighted by Crippen LogP contribution is 2.48. The molecule has 0 heteroatoms. The molecule has 0 heterocycles. The molecule has 0 aromatic carbocycles. The largest absolute Gasteiger partial charge is 0.0654 e. The predicted molar refractivity (Wildman–Crippen MR) is 111 cm³/mol. The van der Waals surface area contributed by atoms with E-state index in [1.165, 1.54) is 83.5 Å². The van der Waals surface area contributed by atoms with Gasteiger partial charge >= 0.3 is 0 Å². The first-order valence-electron chi connectivity index (χ1n) is 11.7. The fourth-order valence-corrected chi connectivity index (χ4v) is 5.10. The monoisotopic (exact) mass is 336 g/mol. The molecule has 0 bridgehead atoms. The van der Waals surface area contributed by atoms with Gasteiger partial charge in [0.2, 0.25) is 0 Å². The second-order valence-corrected chi connectivity index (χ2v) is 9.01. The van der Waals surface area contributed by atoms with Crippen molar-refractivity contribution in [2.45, 2.75) is 137 Å². The van der Waals surface area contributed by atoms with Crippen molar-refractivity contribution in [3.63, 3.8) is 0 Å². The van der Waals surface area contributed by atoms with E-state index >= 15 is 0 Å². The summed E-state index contributed by atoms with van der Waals surface area (Å²) < 4.78 is 0. The first-order valence-corrected chi connectivity index (χ1v) is 11.7. The fraction of sp³-hybridized carbons (Fsp3) is 1.00. The van der Waals surface area contributed by atoms with Gasteiger partial charge in [0.1, 0.15) is 0 Å². The van der Waals surface area contributed by atoms with Gasteiger partial charge in [0.25, 0.3) is 0 Å². The predicted octanol–water partition coefficient (Wildman–Crippen LogP) is 8.93. The van der Waals surface area contributed by atoms with Crippen LogP contribution in [0.5, 0.6) is 0 Å². The second-order valence-electron chi connectivity index (χ2n) is 9.01. The minimum absolute atomic E-state index is 0.742. The van der Waals surface area contributed by atoms with E-state index in [1.807, 2.05) is 0 Å². The number of hydrogen-bond acceptors (Lipinski definition) is 0. The Morgan fingerprint density at radius 3 is 1.75 bits per heavy atom. The first kappa shape index (κ1) is 22.0. The zero-order chi connectivity index (χ0) is 17.7. The molecule has 0 aliphatic heterocycles. The maximum Gasteiger partial charge on any atom is -0.0297 e. The lowest BCUT2D eigenvalue weighted by Crippen LogP contribution is -2.28. The molecule has 0 nitrogen and oxygen atoms in total. The van der Waals surface area contributed by atoms with Crippen LogP contribution in [0.3, 0.4) is 0 Å². The SMILES string of the molecule is CCCCCC1(CCCCC)CCC(CC(CC)CCCC)CC1. The van der Waals surface area contributed by atoms with Gasteiger partial charge in [-0.3, -0.25) is 0 Å². The molecule has 1 aliphatic rings. The van der Waals surface area contributed by atoms with Crippen LogP contribution in [0.1, 0.15) is 137 Å². The van der Waals surface area contributed by atoms with Crippen molar-refractivity contribution in [1.29, 1.82) is 0 Å². The molecule has 1 aliphatic carbocycles. The van der Waals surface area contributed by atoms with E-state index < -0.39 is 0 Å². The van der Waals surface area contributed by atoms with Crippen molar-refractivity contribution in [1.82, 2.24) is 0 Å². The summed E-state index contributed by atoms with van der Waals surface area (Å²) in [6, 6.07) is 0. The topological polar surface area (TPSA) is 0 Å². The highest BCUT2D eigenvalue weighted by atomic mass is 14.4. The van der Waals surface area contributed by atoms with Gasteiger partial charge in [0, 0.05) is 0 Å². The number of rotatable bonds is 14. The van der Waals surface area contributed by atoms with Crippen molar-refractivity contribution in [2.75, 3.05) is 0 Å². The van der Waals surface area contributed by atoms with Gasteiger partial charge in [-0.05, 0) is 62.2 Å². The molecular formula is C24H48. The quantitative estimate of drug-likeness (QED) is 0.278. The smallest absolute Gasteiger partial charge is 0.0297 e. The van der Waals surface area contributed by atoms with Crippen molar-refractivity contribution in [3.05, 3.63) is 0 Å². The summed E-state index contributed by atoms with van der Waals surface area (Å²) in [5, 5.41) is 0. The minimum Gasteiger partial charge on any atom is -0.0654 e. The fourth-order valence-electron chi connectivity index (χ4n) is 5.10. The van der Waals surface area contributed by atoms with Crippen LogP contribution in [0.15, 0.2) is 0 Å². The Morgan fingerprint density at radius 2 is 1.29 bits per heavy atom. The molecule has 24 heavy (non-hydrogen) atoms. The summed E-state index contributed by atoms with van der Waals surface area (Å²) in [5.74, 6) is 2.07. The molecule has 0 aromatic rings. The highest BCUT2D eigenvalue weighted by molar-refractivity contribution is 4.86. The average molecular weight is 337 g/mol. The third kappa shape index (κ3) is 8.39. The zero-order valence-electron chi connectivity index (χ0n) is 17.7. The molecule has 1 fully saturated rings. The van der Waals surface area contributed by atoms with E-state index in [2.05, 4.69) is 27.7 Å². The van der Waals surface area contributed by atoms with Crippen LogP contribution >= 0.6 is 0 Å². The molecule has 144 valence electrons. The average Bonchev–Trinajstić information content (AvgIpc) is 2.61. The molecule has 1 rings (SSSR count). The Kier molecular flexibility index (Phi) is 12.2. The normalized spacial score (nSPS) is 19.5. The maximum absolute atomic E-state index is 2.42. The van der Waals surface area contributed by atoms with Gasteiger partial charge in [0.05, 0.1) is 0 Å². The standard InChI is InChI=1S/C24H48/c1-5-9-12-17-24(18-13-10-6-2)19-15-23(16-20-24)21-22(8-4)14-11-7-3/h22-23H,5-21H2,1-4H3. The van der Waals surface area contributed by atoms with E-state index in [4.69, 9.17) is 0 Å². The summed E-state index contributed by atoms with van der Waals surface area (Å²) in [6.07, 6.45) is 25.1. The molecule has 1 atom stereocenters. The summed E-state index contributed by atoms with van der Waals surface area (Å²) in [6.45, 7) is 9.46. The molecule has 0 radical (unpaired) electrons. The van der Waals surface area contributed by atoms with Crippen LogP contribution in [-0.4, -0.2) is 0 Å². The third-order valence-electron chi connectivity index (χ3n) is 7.00. The van der Waals surface area contributed by atoms with Crippen LogP contribution in [0, 0.1) is 17.3 Å². The van der Waals surface area contributed by atoms with Crippen molar-refractivity contribution < 1.29 is 0 Å². The number of unbranched alkanes of at least 4 members (excludes halogenated alkanes) is 5. The Balaban J connectivity index is 2.45. The summed E-state index contributed by atoms with van der Waals surface area (Å²) >= 11 is 0. The van der Waals surface area contributed by atoms with Gasteiger partial charge in [-0.15, -0.1) is 0 Å². The van der Waals surface area contributed by atoms with Crippen LogP contribution in [0.25, 0.3) is 0 Å². The highest BCUT2D eigenvalue weighted by Gasteiger charge is 2.34. The van der Waals surface area contributed by atoms with Crippen molar-refractivity contribution in [2.24, 2.45) is 17.3 Å². The molecule has 1 unspecified atom stereocenters. The lowest BCUT2D eigenvalue weighted by Gasteiger charge is -2.42. The summed E-state index contributed by atoms with van der Waals surface area (Å²) in [7, 11) is 0. The van der Waals surface area contributed by atoms with Gasteiger partial charge in [-0.2, -0.15) is 0 Å². The van der Waals surface area contributed by atoms with Crippen LogP contribution in [0.4, 0.5) is 0 Å². The Hall–Kier alpha value is 0. The lowest BCUT2D eigenvalue weighted by molar-refractivity contribution is 0.104. The van der Waals surface area contributed by atoms with Crippen LogP contribution < -0.4 is 0 Å². The van der Waals surface area contributed by atoms with E-state index in [0.29, 0.717) is 0 Å². The molecule has 1 saturated carbocycles. The van der Waals surface area contributed by atoms with E-state index in [9.17, 15) is 0 Å². The molecule has 0 spiro atoms. The van der Waals surface area contributed by atoms with Gasteiger partial charge in [-0.25, -0.2) is 0 Å². The first-order chi connectivity index (χ1) is 11.7. The van der Waals surface area contributed by atoms with Gasteiger partial charge < -0.3 is 0 Å². The number of hydrogen-bond donors (Lipinski definition) is 0. The Morgan fingerprint density at radius 1 is 0.750 bits per heavy atom. The van der Waals surface area contributed by atoms with Gasteiger partial charge in [0.15, 0.2) is 0 Å². The second kappa shape index (κ2) is 13.2. The van der Waals surface area contributed by atoms with Crippen LogP contribution in [0.2, 0.25) is 0 Å². The maximum atomic E-state index is 2.42. The van der Waals surface area contributed by atoms with E-state index in [0.717, 1.165) is 17.3 Å². The van der Waals surface area contributed by atoms with Gasteiger partial charge in [-0.1, -0.05) is 91.9 Å². The minimum atomic E-state index is 0.742. The summed E-state index contributed by atoms with van der Waals surface area (Å²) in [4.78, 5) is 0.